The predicted molar refractivity (Wildman–Crippen MR) is 91.1 cm³/mol. The van der Waals surface area contributed by atoms with Crippen LogP contribution in [0.2, 0.25) is 0 Å². The quantitative estimate of drug-likeness (QED) is 0.826. The number of nitrogens with one attached hydrogen (secondary N) is 2. The van der Waals surface area contributed by atoms with Crippen LogP contribution in [0, 0.1) is 0 Å². The molecule has 2 aliphatic rings. The molecule has 2 aromatic rings. The van der Waals surface area contributed by atoms with Crippen LogP contribution in [0.25, 0.3) is 0 Å². The van der Waals surface area contributed by atoms with Crippen molar-refractivity contribution in [3.05, 3.63) is 58.7 Å². The number of benzene rings is 2. The minimum atomic E-state index is -0.456. The highest BCUT2D eigenvalue weighted by Gasteiger charge is 2.31. The summed E-state index contributed by atoms with van der Waals surface area (Å²) >= 11 is 0. The highest BCUT2D eigenvalue weighted by Crippen LogP contribution is 2.40. The zero-order valence-electron chi connectivity index (χ0n) is 13.8. The Hall–Kier alpha value is -3.15. The first-order valence-corrected chi connectivity index (χ1v) is 8.06. The molecule has 25 heavy (non-hydrogen) atoms. The summed E-state index contributed by atoms with van der Waals surface area (Å²) in [6.07, 6.45) is 0.0126. The average molecular weight is 336 g/mol. The first-order chi connectivity index (χ1) is 12.0. The van der Waals surface area contributed by atoms with Crippen LogP contribution in [0.15, 0.2) is 36.4 Å². The zero-order chi connectivity index (χ0) is 17.7. The fraction of sp³-hybridized carbons (Fsp3) is 0.211. The zero-order valence-corrected chi connectivity index (χ0v) is 13.8. The Balaban J connectivity index is 1.64. The molecule has 3 amide bonds. The van der Waals surface area contributed by atoms with E-state index in [9.17, 15) is 14.4 Å². The Morgan fingerprint density at radius 2 is 1.84 bits per heavy atom. The van der Waals surface area contributed by atoms with Gasteiger partial charge < -0.3 is 10.1 Å². The van der Waals surface area contributed by atoms with Gasteiger partial charge >= 0.3 is 0 Å². The third-order valence-corrected chi connectivity index (χ3v) is 4.78. The van der Waals surface area contributed by atoms with E-state index < -0.39 is 11.8 Å². The van der Waals surface area contributed by atoms with E-state index in [2.05, 4.69) is 17.6 Å². The number of imide groups is 1. The summed E-state index contributed by atoms with van der Waals surface area (Å²) in [5.41, 5.74) is 2.49. The van der Waals surface area contributed by atoms with Gasteiger partial charge in [-0.25, -0.2) is 0 Å². The summed E-state index contributed by atoms with van der Waals surface area (Å²) in [6, 6.07) is 10.1. The van der Waals surface area contributed by atoms with Gasteiger partial charge in [-0.15, -0.1) is 0 Å². The first kappa shape index (κ1) is 15.4. The fourth-order valence-corrected chi connectivity index (χ4v) is 3.21. The van der Waals surface area contributed by atoms with Gasteiger partial charge in [0.05, 0.1) is 16.7 Å². The molecule has 2 N–H and O–H groups in total. The maximum Gasteiger partial charge on any atom is 0.259 e. The van der Waals surface area contributed by atoms with Gasteiger partial charge in [-0.05, 0) is 31.2 Å². The molecule has 0 saturated heterocycles. The number of para-hydroxylation sites is 1. The molecule has 0 bridgehead atoms. The van der Waals surface area contributed by atoms with E-state index >= 15 is 0 Å². The molecule has 6 nitrogen and oxygen atoms in total. The van der Waals surface area contributed by atoms with Crippen LogP contribution in [0.5, 0.6) is 5.75 Å². The van der Waals surface area contributed by atoms with Crippen LogP contribution in [0.1, 0.15) is 56.4 Å². The topological polar surface area (TPSA) is 84.5 Å². The van der Waals surface area contributed by atoms with Crippen LogP contribution in [0.3, 0.4) is 0 Å². The van der Waals surface area contributed by atoms with Crippen molar-refractivity contribution in [3.8, 4) is 5.75 Å². The van der Waals surface area contributed by atoms with Crippen molar-refractivity contribution in [2.75, 3.05) is 5.32 Å². The largest absolute Gasteiger partial charge is 0.489 e. The van der Waals surface area contributed by atoms with Crippen molar-refractivity contribution in [1.82, 2.24) is 5.32 Å². The summed E-state index contributed by atoms with van der Waals surface area (Å²) < 4.78 is 5.84. The molecule has 0 aromatic heterocycles. The monoisotopic (exact) mass is 336 g/mol. The average Bonchev–Trinajstić information content (AvgIpc) is 3.04. The summed E-state index contributed by atoms with van der Waals surface area (Å²) in [6.45, 7) is 4.04. The minimum absolute atomic E-state index is 0.0126. The normalized spacial score (nSPS) is 20.6. The molecule has 0 unspecified atom stereocenters. The minimum Gasteiger partial charge on any atom is -0.489 e. The summed E-state index contributed by atoms with van der Waals surface area (Å²) in [7, 11) is 0. The second kappa shape index (κ2) is 5.44. The molecular formula is C19H16N2O4. The van der Waals surface area contributed by atoms with Crippen LogP contribution in [-0.2, 0) is 0 Å². The molecule has 0 radical (unpaired) electrons. The first-order valence-electron chi connectivity index (χ1n) is 8.06. The van der Waals surface area contributed by atoms with Gasteiger partial charge in [0.25, 0.3) is 17.7 Å². The van der Waals surface area contributed by atoms with Crippen LogP contribution >= 0.6 is 0 Å². The molecule has 0 aliphatic carbocycles. The lowest BCUT2D eigenvalue weighted by Gasteiger charge is -2.10. The number of amides is 3. The van der Waals surface area contributed by atoms with Gasteiger partial charge in [-0.1, -0.05) is 19.1 Å². The van der Waals surface area contributed by atoms with Crippen molar-refractivity contribution >= 4 is 23.4 Å². The predicted octanol–water partition coefficient (Wildman–Crippen LogP) is 2.71. The van der Waals surface area contributed by atoms with E-state index in [0.717, 1.165) is 5.56 Å². The number of carbonyl (C=O) groups is 3. The third kappa shape index (κ3) is 2.38. The van der Waals surface area contributed by atoms with Crippen molar-refractivity contribution < 1.29 is 19.1 Å². The van der Waals surface area contributed by atoms with E-state index in [-0.39, 0.29) is 23.5 Å². The van der Waals surface area contributed by atoms with Gasteiger partial charge in [0.2, 0.25) is 0 Å². The number of anilines is 1. The number of hydrogen-bond acceptors (Lipinski definition) is 4. The van der Waals surface area contributed by atoms with E-state index in [1.54, 1.807) is 12.1 Å². The van der Waals surface area contributed by atoms with Crippen molar-refractivity contribution in [3.63, 3.8) is 0 Å². The van der Waals surface area contributed by atoms with E-state index in [4.69, 9.17) is 4.74 Å². The molecule has 6 heteroatoms. The van der Waals surface area contributed by atoms with Gasteiger partial charge in [0.1, 0.15) is 11.9 Å². The maximum absolute atomic E-state index is 12.7. The van der Waals surface area contributed by atoms with Crippen LogP contribution in [-0.4, -0.2) is 23.8 Å². The van der Waals surface area contributed by atoms with Gasteiger partial charge in [-0.3, -0.25) is 19.7 Å². The number of ether oxygens (including phenoxy) is 1. The molecule has 0 spiro atoms. The Kier molecular flexibility index (Phi) is 3.35. The lowest BCUT2D eigenvalue weighted by Crippen LogP contribution is -2.19. The molecule has 2 heterocycles. The van der Waals surface area contributed by atoms with Crippen molar-refractivity contribution in [2.45, 2.75) is 25.9 Å². The molecule has 0 fully saturated rings. The molecule has 4 rings (SSSR count). The lowest BCUT2D eigenvalue weighted by atomic mass is 9.97. The molecule has 2 atom stereocenters. The van der Waals surface area contributed by atoms with E-state index in [1.807, 2.05) is 19.1 Å². The second-order valence-electron chi connectivity index (χ2n) is 6.33. The summed E-state index contributed by atoms with van der Waals surface area (Å²) in [5, 5.41) is 5.00. The second-order valence-corrected chi connectivity index (χ2v) is 6.33. The Morgan fingerprint density at radius 3 is 2.64 bits per heavy atom. The maximum atomic E-state index is 12.7. The Bertz CT molecular complexity index is 935. The van der Waals surface area contributed by atoms with Crippen molar-refractivity contribution in [2.24, 2.45) is 0 Å². The molecular weight excluding hydrogens is 320 g/mol. The third-order valence-electron chi connectivity index (χ3n) is 4.78. The highest BCUT2D eigenvalue weighted by molar-refractivity contribution is 6.22. The van der Waals surface area contributed by atoms with Gasteiger partial charge in [0.15, 0.2) is 0 Å². The lowest BCUT2D eigenvalue weighted by molar-refractivity contribution is 0.0878. The SMILES string of the molecule is C[C@@H]1Oc2c(C(=O)Nc3ccc4c(c3)C(=O)NC4=O)cccc2[C@H]1C. The number of hydrogen-bond donors (Lipinski definition) is 2. The number of rotatable bonds is 2. The van der Waals surface area contributed by atoms with E-state index in [1.165, 1.54) is 12.1 Å². The molecule has 2 aromatic carbocycles. The van der Waals surface area contributed by atoms with Crippen molar-refractivity contribution in [1.29, 1.82) is 0 Å². The molecule has 0 saturated carbocycles. The highest BCUT2D eigenvalue weighted by atomic mass is 16.5. The standard InChI is InChI=1S/C19H16N2O4/c1-9-10(2)25-16-12(9)4-3-5-14(16)18(23)20-11-6-7-13-15(8-11)19(24)21-17(13)22/h3-10H,1-2H3,(H,20,23)(H,21,22,24)/t9-,10-/m0/s1. The molecule has 126 valence electrons. The van der Waals surface area contributed by atoms with Crippen LogP contribution < -0.4 is 15.4 Å². The number of carbonyl (C=O) groups excluding carboxylic acids is 3. The Morgan fingerprint density at radius 1 is 1.08 bits per heavy atom. The fourth-order valence-electron chi connectivity index (χ4n) is 3.21. The van der Waals surface area contributed by atoms with Gasteiger partial charge in [0, 0.05) is 17.2 Å². The Labute approximate surface area is 144 Å². The smallest absolute Gasteiger partial charge is 0.259 e. The summed E-state index contributed by atoms with van der Waals surface area (Å²) in [5.74, 6) is -0.368. The molecule has 2 aliphatic heterocycles. The van der Waals surface area contributed by atoms with E-state index in [0.29, 0.717) is 22.6 Å². The summed E-state index contributed by atoms with van der Waals surface area (Å²) in [4.78, 5) is 36.0. The number of fused-ring (bicyclic) bond motifs is 2. The van der Waals surface area contributed by atoms with Gasteiger partial charge in [-0.2, -0.15) is 0 Å². The van der Waals surface area contributed by atoms with Crippen LogP contribution in [0.4, 0.5) is 5.69 Å².